The van der Waals surface area contributed by atoms with E-state index in [9.17, 15) is 28.6 Å². The molecule has 0 radical (unpaired) electrons. The Morgan fingerprint density at radius 2 is 1.76 bits per heavy atom. The first-order valence-electron chi connectivity index (χ1n) is 6.06. The van der Waals surface area contributed by atoms with Crippen molar-refractivity contribution in [1.82, 2.24) is 0 Å². The Labute approximate surface area is 120 Å². The Hall–Kier alpha value is -2.02. The number of carboxylic acids is 1. The Kier molecular flexibility index (Phi) is 4.68. The van der Waals surface area contributed by atoms with E-state index in [2.05, 4.69) is 0 Å². The number of alkyl halides is 2. The lowest BCUT2D eigenvalue weighted by Gasteiger charge is -2.26. The second-order valence-corrected chi connectivity index (χ2v) is 5.40. The maximum Gasteiger partial charge on any atom is 0.339 e. The molecule has 0 aliphatic rings. The van der Waals surface area contributed by atoms with Crippen LogP contribution in [0.2, 0.25) is 0 Å². The van der Waals surface area contributed by atoms with E-state index < -0.39 is 35.1 Å². The van der Waals surface area contributed by atoms with Crippen molar-refractivity contribution in [3.63, 3.8) is 0 Å². The van der Waals surface area contributed by atoms with Gasteiger partial charge in [0.15, 0.2) is 0 Å². The van der Waals surface area contributed by atoms with Crippen LogP contribution in [-0.4, -0.2) is 28.6 Å². The highest BCUT2D eigenvalue weighted by Gasteiger charge is 2.43. The monoisotopic (exact) mass is 301 g/mol. The third-order valence-corrected chi connectivity index (χ3v) is 2.49. The fourth-order valence-electron chi connectivity index (χ4n) is 1.56. The van der Waals surface area contributed by atoms with Crippen LogP contribution in [0.25, 0.3) is 0 Å². The fourth-order valence-corrected chi connectivity index (χ4v) is 1.56. The average molecular weight is 301 g/mol. The molecular weight excluding hydrogens is 286 g/mol. The summed E-state index contributed by atoms with van der Waals surface area (Å²) in [7, 11) is 0. The molecule has 1 N–H and O–H groups in total. The van der Waals surface area contributed by atoms with E-state index in [1.807, 2.05) is 0 Å². The van der Waals surface area contributed by atoms with Crippen LogP contribution in [0.3, 0.4) is 0 Å². The molecule has 7 heteroatoms. The number of ether oxygens (including phenoxy) is 1. The molecule has 0 bridgehead atoms. The third-order valence-electron chi connectivity index (χ3n) is 2.49. The molecule has 1 unspecified atom stereocenters. The van der Waals surface area contributed by atoms with E-state index in [0.717, 1.165) is 12.1 Å². The standard InChI is InChI=1S/C14H16F2O5/c1-13(2,3)21-11(18)9-7-5-4-6-8(9)10(17)14(15,16)12(19)20/h4-7,10,17H,1-3H3,(H,19,20)/p-1. The fraction of sp³-hybridized carbons (Fsp3) is 0.429. The van der Waals surface area contributed by atoms with Crippen LogP contribution in [0.15, 0.2) is 24.3 Å². The van der Waals surface area contributed by atoms with Gasteiger partial charge in [-0.15, -0.1) is 0 Å². The van der Waals surface area contributed by atoms with Gasteiger partial charge in [-0.05, 0) is 26.8 Å². The normalized spacial score (nSPS) is 13.6. The highest BCUT2D eigenvalue weighted by molar-refractivity contribution is 5.92. The minimum absolute atomic E-state index is 0.333. The topological polar surface area (TPSA) is 86.7 Å². The molecule has 116 valence electrons. The lowest BCUT2D eigenvalue weighted by molar-refractivity contribution is -0.336. The lowest BCUT2D eigenvalue weighted by Crippen LogP contribution is -2.46. The molecule has 5 nitrogen and oxygen atoms in total. The molecule has 0 spiro atoms. The van der Waals surface area contributed by atoms with E-state index in [0.29, 0.717) is 0 Å². The zero-order valence-electron chi connectivity index (χ0n) is 11.7. The summed E-state index contributed by atoms with van der Waals surface area (Å²) in [5.41, 5.74) is -1.74. The lowest BCUT2D eigenvalue weighted by atomic mass is 9.98. The minimum atomic E-state index is -4.53. The van der Waals surface area contributed by atoms with Crippen LogP contribution < -0.4 is 5.11 Å². The first kappa shape index (κ1) is 17.0. The van der Waals surface area contributed by atoms with Gasteiger partial charge < -0.3 is 19.7 Å². The van der Waals surface area contributed by atoms with Crippen LogP contribution >= 0.6 is 0 Å². The zero-order valence-corrected chi connectivity index (χ0v) is 11.7. The van der Waals surface area contributed by atoms with Crippen molar-refractivity contribution in [3.05, 3.63) is 35.4 Å². The molecule has 21 heavy (non-hydrogen) atoms. The summed E-state index contributed by atoms with van der Waals surface area (Å²) < 4.78 is 31.7. The van der Waals surface area contributed by atoms with Crippen LogP contribution in [0.5, 0.6) is 0 Å². The molecule has 0 aliphatic carbocycles. The summed E-state index contributed by atoms with van der Waals surface area (Å²) in [5, 5.41) is 20.0. The first-order chi connectivity index (χ1) is 9.47. The molecule has 1 atom stereocenters. The van der Waals surface area contributed by atoms with E-state index in [1.54, 1.807) is 20.8 Å². The Balaban J connectivity index is 3.22. The van der Waals surface area contributed by atoms with Gasteiger partial charge in [0.1, 0.15) is 17.7 Å². The van der Waals surface area contributed by atoms with Gasteiger partial charge in [-0.1, -0.05) is 18.2 Å². The number of aliphatic carboxylic acids is 1. The first-order valence-corrected chi connectivity index (χ1v) is 6.06. The zero-order chi connectivity index (χ0) is 16.4. The van der Waals surface area contributed by atoms with Crippen molar-refractivity contribution in [2.24, 2.45) is 0 Å². The predicted octanol–water partition coefficient (Wildman–Crippen LogP) is 1.06. The van der Waals surface area contributed by atoms with Gasteiger partial charge in [-0.3, -0.25) is 0 Å². The van der Waals surface area contributed by atoms with Crippen molar-refractivity contribution in [1.29, 1.82) is 0 Å². The number of rotatable bonds is 4. The van der Waals surface area contributed by atoms with Gasteiger partial charge in [0, 0.05) is 5.56 Å². The number of carbonyl (C=O) groups excluding carboxylic acids is 2. The minimum Gasteiger partial charge on any atom is -0.544 e. The van der Waals surface area contributed by atoms with Gasteiger partial charge >= 0.3 is 11.9 Å². The molecular formula is C14H15F2O5-. The quantitative estimate of drug-likeness (QED) is 0.840. The third kappa shape index (κ3) is 3.98. The second kappa shape index (κ2) is 5.77. The van der Waals surface area contributed by atoms with E-state index >= 15 is 0 Å². The van der Waals surface area contributed by atoms with E-state index in [4.69, 9.17) is 4.74 Å². The Bertz CT molecular complexity index is 549. The number of benzene rings is 1. The Morgan fingerprint density at radius 1 is 1.24 bits per heavy atom. The summed E-state index contributed by atoms with van der Waals surface area (Å²) in [6, 6.07) is 4.86. The van der Waals surface area contributed by atoms with E-state index in [-0.39, 0.29) is 5.56 Å². The van der Waals surface area contributed by atoms with Crippen LogP contribution in [0, 0.1) is 0 Å². The summed E-state index contributed by atoms with van der Waals surface area (Å²) in [4.78, 5) is 22.3. The number of halogens is 2. The number of hydrogen-bond donors (Lipinski definition) is 1. The van der Waals surface area contributed by atoms with Gasteiger partial charge in [0.05, 0.1) is 5.56 Å². The smallest absolute Gasteiger partial charge is 0.339 e. The maximum absolute atomic E-state index is 13.3. The number of carboxylic acid groups (broad SMARTS) is 1. The summed E-state index contributed by atoms with van der Waals surface area (Å²) in [6.45, 7) is 4.75. The molecule has 1 rings (SSSR count). The summed E-state index contributed by atoms with van der Waals surface area (Å²) in [6.07, 6.45) is -2.72. The predicted molar refractivity (Wildman–Crippen MR) is 66.5 cm³/mol. The van der Waals surface area contributed by atoms with Crippen LogP contribution in [0.4, 0.5) is 8.78 Å². The molecule has 1 aromatic rings. The SMILES string of the molecule is CC(C)(C)OC(=O)c1ccccc1C(O)C(F)(F)C(=O)[O-]. The molecule has 0 amide bonds. The largest absolute Gasteiger partial charge is 0.544 e. The molecule has 0 aromatic heterocycles. The summed E-state index contributed by atoms with van der Waals surface area (Å²) >= 11 is 0. The van der Waals surface area contributed by atoms with Crippen LogP contribution in [-0.2, 0) is 9.53 Å². The molecule has 1 aromatic carbocycles. The average Bonchev–Trinajstić information content (AvgIpc) is 2.35. The van der Waals surface area contributed by atoms with Gasteiger partial charge in [0.2, 0.25) is 0 Å². The second-order valence-electron chi connectivity index (χ2n) is 5.40. The van der Waals surface area contributed by atoms with Crippen molar-refractivity contribution >= 4 is 11.9 Å². The van der Waals surface area contributed by atoms with Crippen molar-refractivity contribution < 1.29 is 33.3 Å². The highest BCUT2D eigenvalue weighted by atomic mass is 19.3. The number of carbonyl (C=O) groups is 2. The molecule has 0 saturated carbocycles. The van der Waals surface area contributed by atoms with Crippen molar-refractivity contribution in [2.45, 2.75) is 38.4 Å². The molecule has 0 heterocycles. The van der Waals surface area contributed by atoms with Crippen molar-refractivity contribution in [2.75, 3.05) is 0 Å². The molecule has 0 fully saturated rings. The van der Waals surface area contributed by atoms with E-state index in [1.165, 1.54) is 12.1 Å². The Morgan fingerprint density at radius 3 is 2.24 bits per heavy atom. The summed E-state index contributed by atoms with van der Waals surface area (Å²) in [5.74, 6) is -8.20. The van der Waals surface area contributed by atoms with Crippen molar-refractivity contribution in [3.8, 4) is 0 Å². The van der Waals surface area contributed by atoms with Gasteiger partial charge in [-0.2, -0.15) is 8.78 Å². The van der Waals surface area contributed by atoms with Crippen LogP contribution in [0.1, 0.15) is 42.8 Å². The maximum atomic E-state index is 13.3. The highest BCUT2D eigenvalue weighted by Crippen LogP contribution is 2.33. The number of esters is 1. The number of aliphatic hydroxyl groups is 1. The number of hydrogen-bond acceptors (Lipinski definition) is 5. The number of aliphatic hydroxyl groups excluding tert-OH is 1. The molecule has 0 saturated heterocycles. The van der Waals surface area contributed by atoms with Gasteiger partial charge in [0.25, 0.3) is 0 Å². The van der Waals surface area contributed by atoms with Gasteiger partial charge in [-0.25, -0.2) is 4.79 Å². The molecule has 0 aliphatic heterocycles.